The fourth-order valence-electron chi connectivity index (χ4n) is 1.97. The Balaban J connectivity index is 2.39. The Morgan fingerprint density at radius 1 is 1.09 bits per heavy atom. The van der Waals surface area contributed by atoms with E-state index >= 15 is 0 Å². The van der Waals surface area contributed by atoms with Crippen LogP contribution in [0.3, 0.4) is 0 Å². The largest absolute Gasteiger partial charge is 0.545 e. The van der Waals surface area contributed by atoms with Crippen molar-refractivity contribution in [2.75, 3.05) is 23.7 Å². The molecule has 1 N–H and O–H groups in total. The molecule has 116 valence electrons. The van der Waals surface area contributed by atoms with Crippen LogP contribution in [0.25, 0.3) is 0 Å². The van der Waals surface area contributed by atoms with Crippen molar-refractivity contribution < 1.29 is 18.3 Å². The molecule has 6 nitrogen and oxygen atoms in total. The normalized spacial score (nSPS) is 11.0. The number of carbonyl (C=O) groups excluding carboxylic acids is 1. The second-order valence-corrected chi connectivity index (χ2v) is 6.51. The monoisotopic (exact) mass is 319 g/mol. The van der Waals surface area contributed by atoms with Crippen LogP contribution in [-0.4, -0.2) is 28.5 Å². The molecule has 0 aliphatic rings. The Morgan fingerprint density at radius 3 is 2.27 bits per heavy atom. The van der Waals surface area contributed by atoms with E-state index in [1.54, 1.807) is 37.2 Å². The standard InChI is InChI=1S/C15H16N2O4S/c1-17(2)14-9-8-11(10-13(14)15(18)19)16-22(20,21)12-6-4-3-5-7-12/h3-10,16H,1-2H3,(H,18,19)/p-1. The third-order valence-electron chi connectivity index (χ3n) is 3.00. The first kappa shape index (κ1) is 15.8. The Kier molecular flexibility index (Phi) is 4.37. The van der Waals surface area contributed by atoms with E-state index in [9.17, 15) is 18.3 Å². The van der Waals surface area contributed by atoms with Crippen LogP contribution in [0.4, 0.5) is 11.4 Å². The molecule has 2 aromatic carbocycles. The fourth-order valence-corrected chi connectivity index (χ4v) is 3.04. The molecule has 0 aliphatic carbocycles. The second kappa shape index (κ2) is 6.07. The van der Waals surface area contributed by atoms with Gasteiger partial charge in [0, 0.05) is 31.0 Å². The zero-order chi connectivity index (χ0) is 16.3. The fraction of sp³-hybridized carbons (Fsp3) is 0.133. The summed E-state index contributed by atoms with van der Waals surface area (Å²) >= 11 is 0. The summed E-state index contributed by atoms with van der Waals surface area (Å²) in [6, 6.07) is 12.1. The molecule has 0 saturated heterocycles. The van der Waals surface area contributed by atoms with Gasteiger partial charge in [-0.25, -0.2) is 8.42 Å². The van der Waals surface area contributed by atoms with E-state index in [0.717, 1.165) is 0 Å². The predicted octanol–water partition coefficient (Wildman–Crippen LogP) is 0.917. The van der Waals surface area contributed by atoms with Crippen LogP contribution in [0, 0.1) is 0 Å². The molecule has 0 bridgehead atoms. The molecule has 0 amide bonds. The molecule has 22 heavy (non-hydrogen) atoms. The van der Waals surface area contributed by atoms with Crippen LogP contribution in [0.5, 0.6) is 0 Å². The van der Waals surface area contributed by atoms with Crippen molar-refractivity contribution >= 4 is 27.4 Å². The molecule has 0 aliphatic heterocycles. The average molecular weight is 319 g/mol. The molecule has 2 rings (SSSR count). The Hall–Kier alpha value is -2.54. The van der Waals surface area contributed by atoms with E-state index in [4.69, 9.17) is 0 Å². The molecule has 0 saturated carbocycles. The highest BCUT2D eigenvalue weighted by Crippen LogP contribution is 2.24. The molecule has 0 spiro atoms. The number of sulfonamides is 1. The number of aromatic carboxylic acids is 1. The highest BCUT2D eigenvalue weighted by atomic mass is 32.2. The zero-order valence-corrected chi connectivity index (χ0v) is 12.9. The third-order valence-corrected chi connectivity index (χ3v) is 4.40. The molecule has 0 aromatic heterocycles. The van der Waals surface area contributed by atoms with Crippen LogP contribution in [0.1, 0.15) is 10.4 Å². The van der Waals surface area contributed by atoms with Gasteiger partial charge in [0.25, 0.3) is 10.0 Å². The summed E-state index contributed by atoms with van der Waals surface area (Å²) in [7, 11) is -0.386. The van der Waals surface area contributed by atoms with Crippen molar-refractivity contribution in [3.8, 4) is 0 Å². The number of benzene rings is 2. The van der Waals surface area contributed by atoms with Gasteiger partial charge in [-0.2, -0.15) is 0 Å². The Bertz CT molecular complexity index is 786. The number of hydrogen-bond donors (Lipinski definition) is 1. The van der Waals surface area contributed by atoms with Crippen LogP contribution in [0.15, 0.2) is 53.4 Å². The maximum atomic E-state index is 12.2. The van der Waals surface area contributed by atoms with Gasteiger partial charge in [0.15, 0.2) is 0 Å². The summed E-state index contributed by atoms with van der Waals surface area (Å²) in [6.45, 7) is 0. The summed E-state index contributed by atoms with van der Waals surface area (Å²) in [5.74, 6) is -1.37. The maximum Gasteiger partial charge on any atom is 0.261 e. The van der Waals surface area contributed by atoms with Gasteiger partial charge in [-0.15, -0.1) is 0 Å². The second-order valence-electron chi connectivity index (χ2n) is 4.83. The average Bonchev–Trinajstić information content (AvgIpc) is 2.47. The lowest BCUT2D eigenvalue weighted by atomic mass is 10.1. The molecular weight excluding hydrogens is 304 g/mol. The van der Waals surface area contributed by atoms with Crippen molar-refractivity contribution in [1.29, 1.82) is 0 Å². The van der Waals surface area contributed by atoms with Gasteiger partial charge in [0.05, 0.1) is 10.9 Å². The lowest BCUT2D eigenvalue weighted by Gasteiger charge is -2.19. The highest BCUT2D eigenvalue weighted by molar-refractivity contribution is 7.92. The van der Waals surface area contributed by atoms with Gasteiger partial charge < -0.3 is 14.8 Å². The number of nitrogens with zero attached hydrogens (tertiary/aromatic N) is 1. The minimum atomic E-state index is -3.77. The number of rotatable bonds is 5. The summed E-state index contributed by atoms with van der Waals surface area (Å²) in [6.07, 6.45) is 0. The summed E-state index contributed by atoms with van der Waals surface area (Å²) in [5.41, 5.74) is 0.509. The number of carboxylic acids is 1. The van der Waals surface area contributed by atoms with Crippen molar-refractivity contribution in [2.24, 2.45) is 0 Å². The molecule has 0 fully saturated rings. The Labute approximate surface area is 129 Å². The first-order chi connectivity index (χ1) is 10.3. The van der Waals surface area contributed by atoms with Crippen LogP contribution < -0.4 is 14.7 Å². The van der Waals surface area contributed by atoms with E-state index < -0.39 is 16.0 Å². The van der Waals surface area contributed by atoms with Crippen LogP contribution in [-0.2, 0) is 10.0 Å². The van der Waals surface area contributed by atoms with E-state index in [2.05, 4.69) is 4.72 Å². The van der Waals surface area contributed by atoms with Crippen molar-refractivity contribution in [2.45, 2.75) is 4.90 Å². The third kappa shape index (κ3) is 3.37. The van der Waals surface area contributed by atoms with Gasteiger partial charge in [-0.05, 0) is 30.3 Å². The number of anilines is 2. The molecule has 0 radical (unpaired) electrons. The van der Waals surface area contributed by atoms with Crippen molar-refractivity contribution in [3.63, 3.8) is 0 Å². The van der Waals surface area contributed by atoms with Gasteiger partial charge in [-0.1, -0.05) is 18.2 Å². The summed E-state index contributed by atoms with van der Waals surface area (Å²) in [4.78, 5) is 12.9. The first-order valence-electron chi connectivity index (χ1n) is 6.42. The van der Waals surface area contributed by atoms with Gasteiger partial charge in [0.1, 0.15) is 0 Å². The minimum absolute atomic E-state index is 0.0849. The lowest BCUT2D eigenvalue weighted by Crippen LogP contribution is -2.26. The topological polar surface area (TPSA) is 89.5 Å². The summed E-state index contributed by atoms with van der Waals surface area (Å²) < 4.78 is 26.8. The highest BCUT2D eigenvalue weighted by Gasteiger charge is 2.15. The smallest absolute Gasteiger partial charge is 0.261 e. The molecule has 7 heteroatoms. The van der Waals surface area contributed by atoms with Crippen molar-refractivity contribution in [3.05, 3.63) is 54.1 Å². The van der Waals surface area contributed by atoms with E-state index in [1.807, 2.05) is 0 Å². The number of hydrogen-bond acceptors (Lipinski definition) is 5. The Morgan fingerprint density at radius 2 is 1.73 bits per heavy atom. The van der Waals surface area contributed by atoms with Crippen molar-refractivity contribution in [1.82, 2.24) is 0 Å². The molecule has 0 unspecified atom stereocenters. The number of nitrogens with one attached hydrogen (secondary N) is 1. The van der Waals surface area contributed by atoms with Gasteiger partial charge in [-0.3, -0.25) is 4.72 Å². The number of carbonyl (C=O) groups is 1. The molecule has 2 aromatic rings. The number of carboxylic acid groups (broad SMARTS) is 1. The van der Waals surface area contributed by atoms with Crippen LogP contribution >= 0.6 is 0 Å². The lowest BCUT2D eigenvalue weighted by molar-refractivity contribution is -0.254. The maximum absolute atomic E-state index is 12.2. The van der Waals surface area contributed by atoms with Gasteiger partial charge >= 0.3 is 0 Å². The quantitative estimate of drug-likeness (QED) is 0.885. The van der Waals surface area contributed by atoms with E-state index in [-0.39, 0.29) is 16.1 Å². The summed E-state index contributed by atoms with van der Waals surface area (Å²) in [5, 5.41) is 11.2. The van der Waals surface area contributed by atoms with Gasteiger partial charge in [0.2, 0.25) is 0 Å². The molecular formula is C15H15N2O4S-. The molecule has 0 atom stereocenters. The minimum Gasteiger partial charge on any atom is -0.545 e. The zero-order valence-electron chi connectivity index (χ0n) is 12.1. The van der Waals surface area contributed by atoms with Crippen LogP contribution in [0.2, 0.25) is 0 Å². The first-order valence-corrected chi connectivity index (χ1v) is 7.90. The van der Waals surface area contributed by atoms with E-state index in [0.29, 0.717) is 5.69 Å². The van der Waals surface area contributed by atoms with E-state index in [1.165, 1.54) is 30.3 Å². The predicted molar refractivity (Wildman–Crippen MR) is 82.4 cm³/mol. The SMILES string of the molecule is CN(C)c1ccc(NS(=O)(=O)c2ccccc2)cc1C(=O)[O-]. The molecule has 0 heterocycles.